The standard InChI is InChI=1S/C4H7NO.C4H4O4/c1-3(2)4(5)6;5-3(6)1-2-4(7)8/h1H2,2H3,(H2,5,6);1-2H,(H,5,6)(H,7,8). The highest BCUT2D eigenvalue weighted by Gasteiger charge is 1.88. The molecule has 6 nitrogen and oxygen atoms in total. The minimum Gasteiger partial charge on any atom is -0.478 e. The van der Waals surface area contributed by atoms with Crippen LogP contribution in [0.2, 0.25) is 0 Å². The first-order valence-corrected chi connectivity index (χ1v) is 3.36. The lowest BCUT2D eigenvalue weighted by Gasteiger charge is -1.81. The molecule has 1 amide bonds. The highest BCUT2D eigenvalue weighted by Crippen LogP contribution is 1.78. The molecule has 0 aliphatic rings. The average Bonchev–Trinajstić information content (AvgIpc) is 2.01. The lowest BCUT2D eigenvalue weighted by molar-refractivity contribution is -0.134. The Kier molecular flexibility index (Phi) is 7.76. The van der Waals surface area contributed by atoms with Gasteiger partial charge in [-0.2, -0.15) is 0 Å². The van der Waals surface area contributed by atoms with Gasteiger partial charge in [-0.25, -0.2) is 9.59 Å². The molecule has 0 aromatic heterocycles. The number of amides is 1. The van der Waals surface area contributed by atoms with Crippen LogP contribution in [0.15, 0.2) is 24.3 Å². The van der Waals surface area contributed by atoms with E-state index in [1.165, 1.54) is 0 Å². The number of rotatable bonds is 3. The summed E-state index contributed by atoms with van der Waals surface area (Å²) in [7, 11) is 0. The van der Waals surface area contributed by atoms with Crippen molar-refractivity contribution in [3.63, 3.8) is 0 Å². The van der Waals surface area contributed by atoms with Gasteiger partial charge in [0.2, 0.25) is 5.91 Å². The smallest absolute Gasteiger partial charge is 0.328 e. The van der Waals surface area contributed by atoms with E-state index in [1.54, 1.807) is 6.92 Å². The fraction of sp³-hybridized carbons (Fsp3) is 0.125. The van der Waals surface area contributed by atoms with E-state index >= 15 is 0 Å². The van der Waals surface area contributed by atoms with Crippen molar-refractivity contribution in [2.75, 3.05) is 0 Å². The molecular formula is C8H11NO5. The summed E-state index contributed by atoms with van der Waals surface area (Å²) in [4.78, 5) is 28.9. The van der Waals surface area contributed by atoms with Crippen LogP contribution in [0.25, 0.3) is 0 Å². The van der Waals surface area contributed by atoms with Crippen molar-refractivity contribution in [3.05, 3.63) is 24.3 Å². The molecule has 0 atom stereocenters. The van der Waals surface area contributed by atoms with Crippen LogP contribution < -0.4 is 5.73 Å². The summed E-state index contributed by atoms with van der Waals surface area (Å²) >= 11 is 0. The predicted molar refractivity (Wildman–Crippen MR) is 48.4 cm³/mol. The maximum absolute atomic E-state index is 9.82. The second-order valence-electron chi connectivity index (χ2n) is 2.15. The van der Waals surface area contributed by atoms with Gasteiger partial charge in [0.05, 0.1) is 0 Å². The zero-order chi connectivity index (χ0) is 11.7. The second kappa shape index (κ2) is 7.53. The van der Waals surface area contributed by atoms with Crippen molar-refractivity contribution in [2.45, 2.75) is 6.92 Å². The van der Waals surface area contributed by atoms with Gasteiger partial charge in [0.15, 0.2) is 0 Å². The molecule has 6 heteroatoms. The Morgan fingerprint density at radius 2 is 1.36 bits per heavy atom. The zero-order valence-corrected chi connectivity index (χ0v) is 7.56. The maximum atomic E-state index is 9.82. The molecule has 0 bridgehead atoms. The first-order valence-electron chi connectivity index (χ1n) is 3.36. The van der Waals surface area contributed by atoms with Crippen LogP contribution in [0.1, 0.15) is 6.92 Å². The molecule has 14 heavy (non-hydrogen) atoms. The fourth-order valence-electron chi connectivity index (χ4n) is 0.143. The van der Waals surface area contributed by atoms with Crippen LogP contribution in [-0.2, 0) is 14.4 Å². The van der Waals surface area contributed by atoms with Gasteiger partial charge in [-0.1, -0.05) is 6.58 Å². The van der Waals surface area contributed by atoms with Crippen molar-refractivity contribution >= 4 is 17.8 Å². The van der Waals surface area contributed by atoms with Crippen molar-refractivity contribution in [1.82, 2.24) is 0 Å². The first-order chi connectivity index (χ1) is 6.27. The van der Waals surface area contributed by atoms with Crippen molar-refractivity contribution in [2.24, 2.45) is 5.73 Å². The van der Waals surface area contributed by atoms with Gasteiger partial charge in [0.25, 0.3) is 0 Å². The lowest BCUT2D eigenvalue weighted by Crippen LogP contribution is -2.10. The van der Waals surface area contributed by atoms with Crippen LogP contribution in [0.5, 0.6) is 0 Å². The van der Waals surface area contributed by atoms with E-state index in [0.717, 1.165) is 0 Å². The number of hydrogen-bond donors (Lipinski definition) is 3. The number of primary amides is 1. The summed E-state index contributed by atoms with van der Waals surface area (Å²) in [5, 5.41) is 15.6. The molecule has 0 heterocycles. The molecule has 0 saturated heterocycles. The van der Waals surface area contributed by atoms with E-state index in [1.807, 2.05) is 0 Å². The highest BCUT2D eigenvalue weighted by molar-refractivity contribution is 5.90. The number of carboxylic acids is 2. The van der Waals surface area contributed by atoms with E-state index in [-0.39, 0.29) is 0 Å². The third kappa shape index (κ3) is 16.5. The molecule has 0 saturated carbocycles. The molecule has 0 aromatic rings. The van der Waals surface area contributed by atoms with Crippen LogP contribution in [0.4, 0.5) is 0 Å². The van der Waals surface area contributed by atoms with Gasteiger partial charge >= 0.3 is 11.9 Å². The molecule has 4 N–H and O–H groups in total. The lowest BCUT2D eigenvalue weighted by atomic mass is 10.3. The van der Waals surface area contributed by atoms with Crippen LogP contribution in [-0.4, -0.2) is 28.1 Å². The van der Waals surface area contributed by atoms with Crippen LogP contribution in [0, 0.1) is 0 Å². The molecule has 0 radical (unpaired) electrons. The topological polar surface area (TPSA) is 118 Å². The summed E-state index contributed by atoms with van der Waals surface area (Å²) < 4.78 is 0. The summed E-state index contributed by atoms with van der Waals surface area (Å²) in [6.07, 6.45) is 1.12. The number of carbonyl (C=O) groups excluding carboxylic acids is 1. The van der Waals surface area contributed by atoms with E-state index in [2.05, 4.69) is 6.58 Å². The zero-order valence-electron chi connectivity index (χ0n) is 7.56. The number of carboxylic acid groups (broad SMARTS) is 2. The third-order valence-electron chi connectivity index (χ3n) is 0.789. The molecule has 0 rings (SSSR count). The Balaban J connectivity index is 0. The van der Waals surface area contributed by atoms with E-state index in [4.69, 9.17) is 15.9 Å². The molecule has 0 aromatic carbocycles. The largest absolute Gasteiger partial charge is 0.478 e. The first kappa shape index (κ1) is 14.4. The van der Waals surface area contributed by atoms with E-state index in [9.17, 15) is 14.4 Å². The number of nitrogens with two attached hydrogens (primary N) is 1. The van der Waals surface area contributed by atoms with E-state index in [0.29, 0.717) is 17.7 Å². The monoisotopic (exact) mass is 201 g/mol. The normalized spacial score (nSPS) is 8.64. The van der Waals surface area contributed by atoms with Gasteiger partial charge in [0, 0.05) is 17.7 Å². The molecule has 78 valence electrons. The van der Waals surface area contributed by atoms with Crippen molar-refractivity contribution < 1.29 is 24.6 Å². The quantitative estimate of drug-likeness (QED) is 0.544. The third-order valence-corrected chi connectivity index (χ3v) is 0.789. The summed E-state index contributed by atoms with van der Waals surface area (Å²) in [6, 6.07) is 0. The van der Waals surface area contributed by atoms with Crippen molar-refractivity contribution in [1.29, 1.82) is 0 Å². The Morgan fingerprint density at radius 3 is 1.43 bits per heavy atom. The molecular weight excluding hydrogens is 190 g/mol. The molecule has 0 fully saturated rings. The number of hydrogen-bond acceptors (Lipinski definition) is 3. The van der Waals surface area contributed by atoms with Crippen LogP contribution in [0.3, 0.4) is 0 Å². The molecule has 0 aliphatic carbocycles. The minimum absolute atomic E-state index is 0.398. The Bertz CT molecular complexity index is 251. The fourth-order valence-corrected chi connectivity index (χ4v) is 0.143. The average molecular weight is 201 g/mol. The van der Waals surface area contributed by atoms with Gasteiger partial charge in [-0.05, 0) is 6.92 Å². The molecule has 0 spiro atoms. The van der Waals surface area contributed by atoms with Gasteiger partial charge in [-0.3, -0.25) is 4.79 Å². The summed E-state index contributed by atoms with van der Waals surface area (Å²) in [6.45, 7) is 4.85. The Labute approximate surface area is 80.3 Å². The maximum Gasteiger partial charge on any atom is 0.328 e. The Hall–Kier alpha value is -2.11. The number of aliphatic carboxylic acids is 2. The summed E-state index contributed by atoms with van der Waals surface area (Å²) in [5.74, 6) is -2.95. The van der Waals surface area contributed by atoms with Gasteiger partial charge in [-0.15, -0.1) is 0 Å². The van der Waals surface area contributed by atoms with E-state index < -0.39 is 17.8 Å². The molecule has 0 aliphatic heterocycles. The van der Waals surface area contributed by atoms with Gasteiger partial charge in [0.1, 0.15) is 0 Å². The highest BCUT2D eigenvalue weighted by atomic mass is 16.4. The SMILES string of the molecule is C=C(C)C(N)=O.O=C(O)C=CC(=O)O. The Morgan fingerprint density at radius 1 is 1.14 bits per heavy atom. The summed E-state index contributed by atoms with van der Waals surface area (Å²) in [5.41, 5.74) is 5.09. The number of carbonyl (C=O) groups is 3. The second-order valence-corrected chi connectivity index (χ2v) is 2.15. The van der Waals surface area contributed by atoms with Crippen LogP contribution >= 0.6 is 0 Å². The van der Waals surface area contributed by atoms with Crippen molar-refractivity contribution in [3.8, 4) is 0 Å². The van der Waals surface area contributed by atoms with Gasteiger partial charge < -0.3 is 15.9 Å². The molecule has 0 unspecified atom stereocenters. The predicted octanol–water partition coefficient (Wildman–Crippen LogP) is -0.240. The minimum atomic E-state index is -1.26.